The lowest BCUT2D eigenvalue weighted by atomic mass is 9.81. The second-order valence-corrected chi connectivity index (χ2v) is 6.78. The standard InChI is InChI=1S/C18H26ClN3O2/c1-3-7-21-17(23)11-14-6-9-22(12-13(14)4-2)18(24)15-5-8-20-16(19)10-15/h5,8,10,13-14H,3-4,6-7,9,11-12H2,1-2H3,(H,21,23). The average Bonchev–Trinajstić information content (AvgIpc) is 2.59. The van der Waals surface area contributed by atoms with E-state index >= 15 is 0 Å². The van der Waals surface area contributed by atoms with Gasteiger partial charge in [-0.2, -0.15) is 0 Å². The van der Waals surface area contributed by atoms with E-state index in [9.17, 15) is 9.59 Å². The molecule has 0 aromatic carbocycles. The van der Waals surface area contributed by atoms with Crippen LogP contribution < -0.4 is 5.32 Å². The van der Waals surface area contributed by atoms with Gasteiger partial charge in [-0.15, -0.1) is 0 Å². The smallest absolute Gasteiger partial charge is 0.254 e. The summed E-state index contributed by atoms with van der Waals surface area (Å²) in [5.41, 5.74) is 0.573. The summed E-state index contributed by atoms with van der Waals surface area (Å²) in [6.45, 7) is 6.28. The van der Waals surface area contributed by atoms with Gasteiger partial charge in [-0.05, 0) is 36.8 Å². The monoisotopic (exact) mass is 351 g/mol. The van der Waals surface area contributed by atoms with Crippen molar-refractivity contribution in [1.29, 1.82) is 0 Å². The molecule has 132 valence electrons. The Hall–Kier alpha value is -1.62. The molecule has 1 fully saturated rings. The predicted molar refractivity (Wildman–Crippen MR) is 95.0 cm³/mol. The minimum Gasteiger partial charge on any atom is -0.356 e. The molecule has 1 aromatic rings. The molecule has 1 N–H and O–H groups in total. The number of rotatable bonds is 6. The summed E-state index contributed by atoms with van der Waals surface area (Å²) < 4.78 is 0. The zero-order valence-corrected chi connectivity index (χ0v) is 15.2. The van der Waals surface area contributed by atoms with Crippen LogP contribution in [0.3, 0.4) is 0 Å². The molecule has 1 aromatic heterocycles. The Morgan fingerprint density at radius 1 is 1.38 bits per heavy atom. The van der Waals surface area contributed by atoms with Gasteiger partial charge in [0, 0.05) is 37.8 Å². The Labute approximate surface area is 148 Å². The second-order valence-electron chi connectivity index (χ2n) is 6.39. The molecule has 0 bridgehead atoms. The lowest BCUT2D eigenvalue weighted by Crippen LogP contribution is -2.44. The highest BCUT2D eigenvalue weighted by Gasteiger charge is 2.32. The first-order chi connectivity index (χ1) is 11.5. The molecule has 2 rings (SSSR count). The SMILES string of the molecule is CCCNC(=O)CC1CCN(C(=O)c2ccnc(Cl)c2)CC1CC. The van der Waals surface area contributed by atoms with Crippen molar-refractivity contribution in [2.24, 2.45) is 11.8 Å². The zero-order chi connectivity index (χ0) is 17.5. The first kappa shape index (κ1) is 18.7. The highest BCUT2D eigenvalue weighted by molar-refractivity contribution is 6.29. The molecule has 24 heavy (non-hydrogen) atoms. The van der Waals surface area contributed by atoms with Gasteiger partial charge in [-0.3, -0.25) is 9.59 Å². The third-order valence-electron chi connectivity index (χ3n) is 4.70. The van der Waals surface area contributed by atoms with Crippen LogP contribution in [0.5, 0.6) is 0 Å². The highest BCUT2D eigenvalue weighted by Crippen LogP contribution is 2.29. The number of hydrogen-bond donors (Lipinski definition) is 1. The van der Waals surface area contributed by atoms with E-state index in [-0.39, 0.29) is 11.8 Å². The second kappa shape index (κ2) is 9.02. The molecule has 2 unspecified atom stereocenters. The number of carbonyl (C=O) groups is 2. The molecule has 1 aliphatic heterocycles. The molecule has 0 saturated carbocycles. The molecule has 0 spiro atoms. The van der Waals surface area contributed by atoms with Crippen molar-refractivity contribution in [3.63, 3.8) is 0 Å². The molecule has 2 amide bonds. The van der Waals surface area contributed by atoms with Crippen molar-refractivity contribution < 1.29 is 9.59 Å². The third-order valence-corrected chi connectivity index (χ3v) is 4.90. The maximum absolute atomic E-state index is 12.6. The topological polar surface area (TPSA) is 62.3 Å². The minimum atomic E-state index is -0.00775. The number of amides is 2. The lowest BCUT2D eigenvalue weighted by Gasteiger charge is -2.38. The average molecular weight is 352 g/mol. The van der Waals surface area contributed by atoms with Crippen molar-refractivity contribution in [3.8, 4) is 0 Å². The summed E-state index contributed by atoms with van der Waals surface area (Å²) in [4.78, 5) is 30.4. The Morgan fingerprint density at radius 3 is 2.83 bits per heavy atom. The molecule has 1 saturated heterocycles. The van der Waals surface area contributed by atoms with E-state index < -0.39 is 0 Å². The molecule has 0 radical (unpaired) electrons. The van der Waals surface area contributed by atoms with E-state index in [0.717, 1.165) is 25.8 Å². The summed E-state index contributed by atoms with van der Waals surface area (Å²) in [6, 6.07) is 3.30. The predicted octanol–water partition coefficient (Wildman–Crippen LogP) is 3.14. The van der Waals surface area contributed by atoms with Gasteiger partial charge in [0.15, 0.2) is 0 Å². The highest BCUT2D eigenvalue weighted by atomic mass is 35.5. The number of piperidine rings is 1. The van der Waals surface area contributed by atoms with Crippen LogP contribution in [0.25, 0.3) is 0 Å². The number of pyridine rings is 1. The van der Waals surface area contributed by atoms with E-state index in [4.69, 9.17) is 11.6 Å². The summed E-state index contributed by atoms with van der Waals surface area (Å²) in [5.74, 6) is 0.817. The van der Waals surface area contributed by atoms with Gasteiger partial charge in [0.25, 0.3) is 5.91 Å². The summed E-state index contributed by atoms with van der Waals surface area (Å²) >= 11 is 5.88. The van der Waals surface area contributed by atoms with Crippen LogP contribution in [0.4, 0.5) is 0 Å². The van der Waals surface area contributed by atoms with E-state index in [1.807, 2.05) is 11.8 Å². The number of carbonyl (C=O) groups excluding carboxylic acids is 2. The van der Waals surface area contributed by atoms with E-state index in [1.165, 1.54) is 0 Å². The fraction of sp³-hybridized carbons (Fsp3) is 0.611. The summed E-state index contributed by atoms with van der Waals surface area (Å²) in [5, 5.41) is 3.28. The lowest BCUT2D eigenvalue weighted by molar-refractivity contribution is -0.122. The number of hydrogen-bond acceptors (Lipinski definition) is 3. The van der Waals surface area contributed by atoms with E-state index in [0.29, 0.717) is 42.1 Å². The Balaban J connectivity index is 1.96. The first-order valence-electron chi connectivity index (χ1n) is 8.72. The fourth-order valence-electron chi connectivity index (χ4n) is 3.29. The van der Waals surface area contributed by atoms with Crippen molar-refractivity contribution >= 4 is 23.4 Å². The Kier molecular flexibility index (Phi) is 7.03. The summed E-state index contributed by atoms with van der Waals surface area (Å²) in [7, 11) is 0. The maximum Gasteiger partial charge on any atom is 0.254 e. The molecule has 5 nitrogen and oxygen atoms in total. The van der Waals surface area contributed by atoms with Crippen molar-refractivity contribution in [3.05, 3.63) is 29.0 Å². The van der Waals surface area contributed by atoms with Crippen molar-refractivity contribution in [2.75, 3.05) is 19.6 Å². The van der Waals surface area contributed by atoms with Crippen LogP contribution in [-0.4, -0.2) is 41.3 Å². The molecular weight excluding hydrogens is 326 g/mol. The number of likely N-dealkylation sites (tertiary alicyclic amines) is 1. The number of halogens is 1. The number of nitrogens with zero attached hydrogens (tertiary/aromatic N) is 2. The van der Waals surface area contributed by atoms with Gasteiger partial charge in [0.1, 0.15) is 5.15 Å². The van der Waals surface area contributed by atoms with Crippen LogP contribution in [0.15, 0.2) is 18.3 Å². The molecule has 2 heterocycles. The molecule has 6 heteroatoms. The van der Waals surface area contributed by atoms with Gasteiger partial charge in [0.2, 0.25) is 5.91 Å². The van der Waals surface area contributed by atoms with Crippen LogP contribution >= 0.6 is 11.6 Å². The number of aromatic nitrogens is 1. The van der Waals surface area contributed by atoms with Crippen LogP contribution in [0.1, 0.15) is 49.9 Å². The Morgan fingerprint density at radius 2 is 2.17 bits per heavy atom. The molecule has 0 aliphatic carbocycles. The van der Waals surface area contributed by atoms with E-state index in [2.05, 4.69) is 17.2 Å². The van der Waals surface area contributed by atoms with Gasteiger partial charge in [-0.1, -0.05) is 31.9 Å². The normalized spacial score (nSPS) is 20.7. The quantitative estimate of drug-likeness (QED) is 0.801. The Bertz CT molecular complexity index is 579. The van der Waals surface area contributed by atoms with Crippen LogP contribution in [0.2, 0.25) is 5.15 Å². The van der Waals surface area contributed by atoms with Crippen molar-refractivity contribution in [1.82, 2.24) is 15.2 Å². The van der Waals surface area contributed by atoms with Gasteiger partial charge in [-0.25, -0.2) is 4.98 Å². The van der Waals surface area contributed by atoms with Gasteiger partial charge < -0.3 is 10.2 Å². The molecular formula is C18H26ClN3O2. The van der Waals surface area contributed by atoms with E-state index in [1.54, 1.807) is 18.3 Å². The van der Waals surface area contributed by atoms with Gasteiger partial charge >= 0.3 is 0 Å². The van der Waals surface area contributed by atoms with Gasteiger partial charge in [0.05, 0.1) is 0 Å². The molecule has 1 aliphatic rings. The number of nitrogens with one attached hydrogen (secondary N) is 1. The third kappa shape index (κ3) is 4.94. The zero-order valence-electron chi connectivity index (χ0n) is 14.4. The van der Waals surface area contributed by atoms with Crippen LogP contribution in [0, 0.1) is 11.8 Å². The minimum absolute atomic E-state index is 0.00775. The largest absolute Gasteiger partial charge is 0.356 e. The first-order valence-corrected chi connectivity index (χ1v) is 9.10. The molecule has 2 atom stereocenters. The van der Waals surface area contributed by atoms with Crippen molar-refractivity contribution in [2.45, 2.75) is 39.5 Å². The maximum atomic E-state index is 12.6. The fourth-order valence-corrected chi connectivity index (χ4v) is 3.46. The summed E-state index contributed by atoms with van der Waals surface area (Å²) in [6.07, 6.45) is 4.89. The van der Waals surface area contributed by atoms with Crippen LogP contribution in [-0.2, 0) is 4.79 Å².